The van der Waals surface area contributed by atoms with E-state index in [-0.39, 0.29) is 12.5 Å². The summed E-state index contributed by atoms with van der Waals surface area (Å²) in [6.07, 6.45) is 3.96. The maximum Gasteiger partial charge on any atom is 0.259 e. The highest BCUT2D eigenvalue weighted by atomic mass is 16.5. The van der Waals surface area contributed by atoms with E-state index in [1.54, 1.807) is 0 Å². The van der Waals surface area contributed by atoms with Crippen molar-refractivity contribution >= 4 is 17.0 Å². The highest BCUT2D eigenvalue weighted by molar-refractivity contribution is 6.06. The summed E-state index contributed by atoms with van der Waals surface area (Å²) in [5, 5.41) is 14.0. The van der Waals surface area contributed by atoms with Crippen LogP contribution in [0.15, 0.2) is 10.6 Å². The number of aromatic nitrogens is 2. The summed E-state index contributed by atoms with van der Waals surface area (Å²) in [6.45, 7) is 3.44. The third-order valence-corrected chi connectivity index (χ3v) is 5.02. The van der Waals surface area contributed by atoms with E-state index in [9.17, 15) is 9.90 Å². The van der Waals surface area contributed by atoms with Crippen LogP contribution < -0.4 is 0 Å². The number of nitrogens with zero attached hydrogens (tertiary/aromatic N) is 3. The van der Waals surface area contributed by atoms with Crippen molar-refractivity contribution in [1.82, 2.24) is 15.0 Å². The average molecular weight is 315 g/mol. The fraction of sp³-hybridized carbons (Fsp3) is 0.588. The summed E-state index contributed by atoms with van der Waals surface area (Å²) in [5.41, 5.74) is 2.80. The molecule has 4 rings (SSSR count). The van der Waals surface area contributed by atoms with Crippen LogP contribution in [0.25, 0.3) is 11.1 Å². The molecule has 2 aromatic rings. The van der Waals surface area contributed by atoms with E-state index in [1.165, 1.54) is 0 Å². The Morgan fingerprint density at radius 3 is 2.74 bits per heavy atom. The first kappa shape index (κ1) is 14.6. The summed E-state index contributed by atoms with van der Waals surface area (Å²) >= 11 is 0. The van der Waals surface area contributed by atoms with E-state index in [1.807, 2.05) is 17.9 Å². The molecule has 122 valence electrons. The van der Waals surface area contributed by atoms with Crippen molar-refractivity contribution in [3.63, 3.8) is 0 Å². The van der Waals surface area contributed by atoms with Crippen molar-refractivity contribution in [2.24, 2.45) is 5.92 Å². The summed E-state index contributed by atoms with van der Waals surface area (Å²) in [7, 11) is 0. The molecule has 23 heavy (non-hydrogen) atoms. The Morgan fingerprint density at radius 1 is 1.35 bits per heavy atom. The van der Waals surface area contributed by atoms with E-state index in [0.717, 1.165) is 36.8 Å². The Labute approximate surface area is 134 Å². The van der Waals surface area contributed by atoms with E-state index >= 15 is 0 Å². The molecule has 0 spiro atoms. The third kappa shape index (κ3) is 2.61. The zero-order valence-electron chi connectivity index (χ0n) is 13.3. The van der Waals surface area contributed by atoms with Gasteiger partial charge in [0.1, 0.15) is 0 Å². The molecule has 1 saturated heterocycles. The molecule has 0 radical (unpaired) electrons. The van der Waals surface area contributed by atoms with Crippen LogP contribution in [0.2, 0.25) is 0 Å². The molecule has 2 aromatic heterocycles. The Kier molecular flexibility index (Phi) is 3.56. The van der Waals surface area contributed by atoms with Crippen molar-refractivity contribution < 1.29 is 14.4 Å². The molecular formula is C17H21N3O3. The van der Waals surface area contributed by atoms with Gasteiger partial charge in [0.05, 0.1) is 16.6 Å². The van der Waals surface area contributed by atoms with Crippen molar-refractivity contribution in [3.05, 3.63) is 23.0 Å². The maximum absolute atomic E-state index is 13.0. The van der Waals surface area contributed by atoms with Gasteiger partial charge in [-0.25, -0.2) is 4.98 Å². The lowest BCUT2D eigenvalue weighted by molar-refractivity contribution is 0.0652. The van der Waals surface area contributed by atoms with E-state index in [4.69, 9.17) is 4.52 Å². The van der Waals surface area contributed by atoms with Crippen LogP contribution in [0.5, 0.6) is 0 Å². The second kappa shape index (κ2) is 5.60. The number of hydrogen-bond donors (Lipinski definition) is 1. The van der Waals surface area contributed by atoms with Crippen LogP contribution in [0.1, 0.15) is 53.3 Å². The number of likely N-dealkylation sites (tertiary alicyclic amines) is 1. The predicted molar refractivity (Wildman–Crippen MR) is 84.2 cm³/mol. The molecule has 1 aliphatic carbocycles. The van der Waals surface area contributed by atoms with Gasteiger partial charge >= 0.3 is 0 Å². The highest BCUT2D eigenvalue weighted by Crippen LogP contribution is 2.40. The first-order chi connectivity index (χ1) is 11.2. The van der Waals surface area contributed by atoms with Crippen molar-refractivity contribution in [2.75, 3.05) is 19.7 Å². The number of rotatable bonds is 3. The van der Waals surface area contributed by atoms with Gasteiger partial charge in [0.15, 0.2) is 0 Å². The highest BCUT2D eigenvalue weighted by Gasteiger charge is 2.30. The second-order valence-electron chi connectivity index (χ2n) is 6.74. The quantitative estimate of drug-likeness (QED) is 0.939. The largest absolute Gasteiger partial charge is 0.396 e. The number of aliphatic hydroxyl groups is 1. The number of piperidine rings is 1. The number of aliphatic hydroxyl groups excluding tert-OH is 1. The van der Waals surface area contributed by atoms with Gasteiger partial charge in [0.25, 0.3) is 11.6 Å². The van der Waals surface area contributed by atoms with Gasteiger partial charge in [0, 0.05) is 31.3 Å². The molecule has 1 amide bonds. The number of carbonyl (C=O) groups excluding carboxylic acids is 1. The van der Waals surface area contributed by atoms with Crippen LogP contribution in [-0.4, -0.2) is 45.8 Å². The second-order valence-corrected chi connectivity index (χ2v) is 6.74. The van der Waals surface area contributed by atoms with Gasteiger partial charge in [-0.15, -0.1) is 0 Å². The fourth-order valence-electron chi connectivity index (χ4n) is 3.36. The minimum atomic E-state index is 0.0296. The zero-order chi connectivity index (χ0) is 16.0. The summed E-state index contributed by atoms with van der Waals surface area (Å²) in [6, 6.07) is 1.94. The van der Waals surface area contributed by atoms with Crippen LogP contribution in [0.4, 0.5) is 0 Å². The Hall–Kier alpha value is -1.95. The molecule has 3 heterocycles. The van der Waals surface area contributed by atoms with Gasteiger partial charge in [-0.05, 0) is 44.6 Å². The molecule has 0 aromatic carbocycles. The molecule has 6 nitrogen and oxygen atoms in total. The summed E-state index contributed by atoms with van der Waals surface area (Å²) in [4.78, 5) is 19.4. The molecule has 6 heteroatoms. The SMILES string of the molecule is Cc1noc2nc(C3CC3)cc(C(=O)N3CCC(CO)CC3)c12. The third-order valence-electron chi connectivity index (χ3n) is 5.02. The minimum absolute atomic E-state index is 0.0296. The lowest BCUT2D eigenvalue weighted by Gasteiger charge is -2.31. The monoisotopic (exact) mass is 315 g/mol. The van der Waals surface area contributed by atoms with Crippen LogP contribution in [-0.2, 0) is 0 Å². The van der Waals surface area contributed by atoms with Gasteiger partial charge in [-0.1, -0.05) is 5.16 Å². The number of carbonyl (C=O) groups is 1. The van der Waals surface area contributed by atoms with Gasteiger partial charge in [-0.2, -0.15) is 0 Å². The number of pyridine rings is 1. The topological polar surface area (TPSA) is 79.5 Å². The van der Waals surface area contributed by atoms with Gasteiger partial charge in [0.2, 0.25) is 0 Å². The van der Waals surface area contributed by atoms with E-state index in [0.29, 0.717) is 41.9 Å². The molecule has 2 fully saturated rings. The van der Waals surface area contributed by atoms with Crippen LogP contribution in [0, 0.1) is 12.8 Å². The number of amides is 1. The van der Waals surface area contributed by atoms with Crippen LogP contribution in [0.3, 0.4) is 0 Å². The lowest BCUT2D eigenvalue weighted by atomic mass is 9.97. The molecular weight excluding hydrogens is 294 g/mol. The van der Waals surface area contributed by atoms with Crippen molar-refractivity contribution in [3.8, 4) is 0 Å². The zero-order valence-corrected chi connectivity index (χ0v) is 13.3. The fourth-order valence-corrected chi connectivity index (χ4v) is 3.36. The van der Waals surface area contributed by atoms with Gasteiger partial charge in [-0.3, -0.25) is 4.79 Å². The standard InChI is InChI=1S/C17H21N3O3/c1-10-15-13(17(22)20-6-4-11(9-21)5-7-20)8-14(12-2-3-12)18-16(15)23-19-10/h8,11-12,21H,2-7,9H2,1H3. The first-order valence-corrected chi connectivity index (χ1v) is 8.34. The molecule has 1 N–H and O–H groups in total. The normalized spacial score (nSPS) is 19.5. The minimum Gasteiger partial charge on any atom is -0.396 e. The maximum atomic E-state index is 13.0. The molecule has 0 atom stereocenters. The smallest absolute Gasteiger partial charge is 0.259 e. The molecule has 1 aliphatic heterocycles. The first-order valence-electron chi connectivity index (χ1n) is 8.34. The van der Waals surface area contributed by atoms with E-state index in [2.05, 4.69) is 10.1 Å². The van der Waals surface area contributed by atoms with Crippen LogP contribution >= 0.6 is 0 Å². The summed E-state index contributed by atoms with van der Waals surface area (Å²) < 4.78 is 5.31. The Bertz CT molecular complexity index is 743. The molecule has 0 bridgehead atoms. The molecule has 0 unspecified atom stereocenters. The number of fused-ring (bicyclic) bond motifs is 1. The number of aryl methyl sites for hydroxylation is 1. The Balaban J connectivity index is 1.69. The van der Waals surface area contributed by atoms with E-state index < -0.39 is 0 Å². The molecule has 1 saturated carbocycles. The Morgan fingerprint density at radius 2 is 2.09 bits per heavy atom. The van der Waals surface area contributed by atoms with Crippen molar-refractivity contribution in [1.29, 1.82) is 0 Å². The lowest BCUT2D eigenvalue weighted by Crippen LogP contribution is -2.39. The average Bonchev–Trinajstić information content (AvgIpc) is 3.37. The van der Waals surface area contributed by atoms with Crippen molar-refractivity contribution in [2.45, 2.75) is 38.5 Å². The number of hydrogen-bond acceptors (Lipinski definition) is 5. The molecule has 2 aliphatic rings. The summed E-state index contributed by atoms with van der Waals surface area (Å²) in [5.74, 6) is 0.800. The predicted octanol–water partition coefficient (Wildman–Crippen LogP) is 2.25. The van der Waals surface area contributed by atoms with Gasteiger partial charge < -0.3 is 14.5 Å².